The summed E-state index contributed by atoms with van der Waals surface area (Å²) < 4.78 is 0. The molecule has 0 aromatic rings. The monoisotopic (exact) mass is 238 g/mol. The number of hydrogen-bond acceptors (Lipinski definition) is 1. The van der Waals surface area contributed by atoms with Crippen LogP contribution in [-0.4, -0.2) is 17.2 Å². The van der Waals surface area contributed by atoms with Gasteiger partial charge in [0.05, 0.1) is 0 Å². The first-order valence-electron chi connectivity index (χ1n) is 6.75. The zero-order chi connectivity index (χ0) is 11.2. The van der Waals surface area contributed by atoms with Gasteiger partial charge in [-0.1, -0.05) is 0 Å². The Hall–Kier alpha value is -0.310. The average Bonchev–Trinajstić information content (AvgIpc) is 2.13. The quantitative estimate of drug-likeness (QED) is 0.723. The van der Waals surface area contributed by atoms with E-state index in [0.717, 1.165) is 29.4 Å². The van der Waals surface area contributed by atoms with Crippen LogP contribution < -0.4 is 10.6 Å². The van der Waals surface area contributed by atoms with Crippen LogP contribution in [-0.2, 0) is 0 Å². The maximum atomic E-state index is 5.37. The van der Waals surface area contributed by atoms with Gasteiger partial charge in [0.2, 0.25) is 0 Å². The molecular weight excluding hydrogens is 216 g/mol. The number of hydrogen-bond donors (Lipinski definition) is 2. The average molecular weight is 238 g/mol. The van der Waals surface area contributed by atoms with E-state index in [1.807, 2.05) is 0 Å². The van der Waals surface area contributed by atoms with Crippen LogP contribution in [0.1, 0.15) is 45.4 Å². The van der Waals surface area contributed by atoms with Crippen LogP contribution in [0.4, 0.5) is 0 Å². The van der Waals surface area contributed by atoms with Crippen LogP contribution in [0.3, 0.4) is 0 Å². The fourth-order valence-corrected chi connectivity index (χ4v) is 5.07. The highest BCUT2D eigenvalue weighted by Crippen LogP contribution is 2.55. The van der Waals surface area contributed by atoms with E-state index in [1.165, 1.54) is 38.5 Å². The van der Waals surface area contributed by atoms with E-state index in [0.29, 0.717) is 5.54 Å². The lowest BCUT2D eigenvalue weighted by atomic mass is 9.53. The Morgan fingerprint density at radius 3 is 2.06 bits per heavy atom. The van der Waals surface area contributed by atoms with Crippen molar-refractivity contribution in [2.24, 2.45) is 17.8 Å². The third-order valence-corrected chi connectivity index (χ3v) is 5.00. The largest absolute Gasteiger partial charge is 0.363 e. The van der Waals surface area contributed by atoms with E-state index in [1.54, 1.807) is 0 Å². The van der Waals surface area contributed by atoms with Crippen LogP contribution in [0.5, 0.6) is 0 Å². The van der Waals surface area contributed by atoms with Crippen LogP contribution in [0.2, 0.25) is 0 Å². The lowest BCUT2D eigenvalue weighted by Gasteiger charge is -2.57. The minimum atomic E-state index is 0.369. The van der Waals surface area contributed by atoms with E-state index < -0.39 is 0 Å². The molecular formula is C13H22N2S. The Balaban J connectivity index is 1.71. The zero-order valence-electron chi connectivity index (χ0n) is 10.1. The van der Waals surface area contributed by atoms with Crippen molar-refractivity contribution in [2.75, 3.05) is 6.54 Å². The second-order valence-electron chi connectivity index (χ2n) is 6.18. The van der Waals surface area contributed by atoms with Crippen molar-refractivity contribution in [3.8, 4) is 0 Å². The molecule has 4 saturated carbocycles. The second-order valence-corrected chi connectivity index (χ2v) is 6.59. The van der Waals surface area contributed by atoms with Gasteiger partial charge in [-0.05, 0) is 75.4 Å². The minimum Gasteiger partial charge on any atom is -0.363 e. The summed E-state index contributed by atoms with van der Waals surface area (Å²) in [5.74, 6) is 2.97. The Morgan fingerprint density at radius 1 is 1.12 bits per heavy atom. The van der Waals surface area contributed by atoms with Gasteiger partial charge < -0.3 is 10.6 Å². The molecule has 2 nitrogen and oxygen atoms in total. The predicted molar refractivity (Wildman–Crippen MR) is 70.3 cm³/mol. The van der Waals surface area contributed by atoms with Crippen LogP contribution >= 0.6 is 12.2 Å². The highest BCUT2D eigenvalue weighted by atomic mass is 32.1. The smallest absolute Gasteiger partial charge is 0.166 e. The molecule has 4 rings (SSSR count). The normalized spacial score (nSPS) is 44.4. The van der Waals surface area contributed by atoms with E-state index in [4.69, 9.17) is 12.2 Å². The maximum Gasteiger partial charge on any atom is 0.166 e. The molecule has 0 spiro atoms. The highest BCUT2D eigenvalue weighted by molar-refractivity contribution is 7.80. The Bertz CT molecular complexity index is 265. The molecule has 0 atom stereocenters. The summed E-state index contributed by atoms with van der Waals surface area (Å²) in [6.45, 7) is 3.03. The summed E-state index contributed by atoms with van der Waals surface area (Å²) in [5.41, 5.74) is 0.369. The van der Waals surface area contributed by atoms with Gasteiger partial charge in [0.1, 0.15) is 0 Å². The third kappa shape index (κ3) is 1.83. The first kappa shape index (κ1) is 10.8. The second kappa shape index (κ2) is 3.86. The molecule has 4 bridgehead atoms. The molecule has 16 heavy (non-hydrogen) atoms. The van der Waals surface area contributed by atoms with Crippen molar-refractivity contribution in [1.82, 2.24) is 10.6 Å². The van der Waals surface area contributed by atoms with Gasteiger partial charge in [-0.25, -0.2) is 0 Å². The van der Waals surface area contributed by atoms with E-state index in [-0.39, 0.29) is 0 Å². The number of nitrogens with one attached hydrogen (secondary N) is 2. The topological polar surface area (TPSA) is 24.1 Å². The Kier molecular flexibility index (Phi) is 2.61. The standard InChI is InChI=1S/C13H22N2S/c1-2-14-12(16)15-13-6-9-3-10(7-13)5-11(4-9)8-13/h9-11H,2-8H2,1H3,(H2,14,15,16). The lowest BCUT2D eigenvalue weighted by Crippen LogP contribution is -2.61. The van der Waals surface area contributed by atoms with E-state index in [2.05, 4.69) is 17.6 Å². The maximum absolute atomic E-state index is 5.37. The van der Waals surface area contributed by atoms with Crippen molar-refractivity contribution >= 4 is 17.3 Å². The third-order valence-electron chi connectivity index (χ3n) is 4.75. The van der Waals surface area contributed by atoms with Crippen LogP contribution in [0.15, 0.2) is 0 Å². The Morgan fingerprint density at radius 2 is 1.62 bits per heavy atom. The molecule has 0 heterocycles. The van der Waals surface area contributed by atoms with Gasteiger partial charge in [-0.15, -0.1) is 0 Å². The molecule has 0 amide bonds. The fourth-order valence-electron chi connectivity index (χ4n) is 4.71. The molecule has 2 N–H and O–H groups in total. The van der Waals surface area contributed by atoms with Crippen molar-refractivity contribution < 1.29 is 0 Å². The first-order chi connectivity index (χ1) is 7.69. The summed E-state index contributed by atoms with van der Waals surface area (Å²) in [6, 6.07) is 0. The van der Waals surface area contributed by atoms with Crippen LogP contribution in [0, 0.1) is 17.8 Å². The fraction of sp³-hybridized carbons (Fsp3) is 0.923. The van der Waals surface area contributed by atoms with Crippen molar-refractivity contribution in [1.29, 1.82) is 0 Å². The molecule has 0 radical (unpaired) electrons. The number of thiocarbonyl (C=S) groups is 1. The molecule has 90 valence electrons. The molecule has 0 saturated heterocycles. The van der Waals surface area contributed by atoms with Crippen molar-refractivity contribution in [3.05, 3.63) is 0 Å². The molecule has 0 aromatic carbocycles. The summed E-state index contributed by atoms with van der Waals surface area (Å²) >= 11 is 5.37. The van der Waals surface area contributed by atoms with Crippen molar-refractivity contribution in [2.45, 2.75) is 51.0 Å². The number of rotatable bonds is 2. The highest BCUT2D eigenvalue weighted by Gasteiger charge is 2.51. The molecule has 0 aromatic heterocycles. The van der Waals surface area contributed by atoms with Gasteiger partial charge in [-0.3, -0.25) is 0 Å². The van der Waals surface area contributed by atoms with E-state index >= 15 is 0 Å². The molecule has 4 aliphatic carbocycles. The molecule has 0 unspecified atom stereocenters. The van der Waals surface area contributed by atoms with Gasteiger partial charge in [0, 0.05) is 12.1 Å². The summed E-state index contributed by atoms with van der Waals surface area (Å²) in [4.78, 5) is 0. The van der Waals surface area contributed by atoms with Gasteiger partial charge in [0.25, 0.3) is 0 Å². The molecule has 4 fully saturated rings. The summed E-state index contributed by atoms with van der Waals surface area (Å²) in [5, 5.41) is 7.77. The first-order valence-corrected chi connectivity index (χ1v) is 7.16. The lowest BCUT2D eigenvalue weighted by molar-refractivity contribution is -0.0101. The SMILES string of the molecule is CCNC(=S)NC12CC3CC(CC(C3)C1)C2. The minimum absolute atomic E-state index is 0.369. The summed E-state index contributed by atoms with van der Waals surface area (Å²) in [6.07, 6.45) is 8.58. The molecule has 4 aliphatic rings. The van der Waals surface area contributed by atoms with Gasteiger partial charge in [0.15, 0.2) is 5.11 Å². The zero-order valence-corrected chi connectivity index (χ0v) is 10.9. The molecule has 0 aliphatic heterocycles. The summed E-state index contributed by atoms with van der Waals surface area (Å²) in [7, 11) is 0. The van der Waals surface area contributed by atoms with Gasteiger partial charge in [-0.2, -0.15) is 0 Å². The predicted octanol–water partition coefficient (Wildman–Crippen LogP) is 2.44. The van der Waals surface area contributed by atoms with Crippen LogP contribution in [0.25, 0.3) is 0 Å². The van der Waals surface area contributed by atoms with Gasteiger partial charge >= 0.3 is 0 Å². The van der Waals surface area contributed by atoms with Crippen molar-refractivity contribution in [3.63, 3.8) is 0 Å². The van der Waals surface area contributed by atoms with E-state index in [9.17, 15) is 0 Å². The molecule has 3 heteroatoms. The Labute approximate surface area is 104 Å².